The molecule has 3 aliphatic carbocycles. The predicted octanol–water partition coefficient (Wildman–Crippen LogP) is 0.227. The number of aliphatic hydroxyl groups is 3. The van der Waals surface area contributed by atoms with Crippen LogP contribution in [0.4, 0.5) is 4.39 Å². The summed E-state index contributed by atoms with van der Waals surface area (Å²) >= 11 is 0. The number of phenolic OH excluding ortho intramolecular Hbond substituents is 1. The highest BCUT2D eigenvalue weighted by Gasteiger charge is 2.60. The molecular formula is C26H28FN3O8. The quantitative estimate of drug-likeness (QED) is 0.342. The largest absolute Gasteiger partial charge is 0.508 e. The van der Waals surface area contributed by atoms with Gasteiger partial charge in [0.05, 0.1) is 5.56 Å². The van der Waals surface area contributed by atoms with Crippen molar-refractivity contribution in [2.45, 2.75) is 38.3 Å². The molecule has 3 atom stereocenters. The van der Waals surface area contributed by atoms with Crippen molar-refractivity contribution in [3.8, 4) is 5.75 Å². The SMILES string of the molecule is CC(=O)N1CCN(Cc2cc(O)c3c(c2F)CC2C[C@H]4CC(=O)C(C(N)=O)=C(O)[C@@]4(O)C(=O)C2=C3O)CC1. The van der Waals surface area contributed by atoms with Crippen molar-refractivity contribution < 1.29 is 44.0 Å². The summed E-state index contributed by atoms with van der Waals surface area (Å²) in [5.74, 6) is -8.19. The number of ketones is 2. The van der Waals surface area contributed by atoms with Crippen LogP contribution in [0.5, 0.6) is 5.75 Å². The van der Waals surface area contributed by atoms with Crippen molar-refractivity contribution in [2.75, 3.05) is 26.2 Å². The van der Waals surface area contributed by atoms with Crippen LogP contribution in [0.3, 0.4) is 0 Å². The van der Waals surface area contributed by atoms with Gasteiger partial charge in [0.15, 0.2) is 11.4 Å². The van der Waals surface area contributed by atoms with Crippen LogP contribution in [0.25, 0.3) is 5.76 Å². The van der Waals surface area contributed by atoms with Crippen molar-refractivity contribution in [3.05, 3.63) is 45.5 Å². The van der Waals surface area contributed by atoms with Gasteiger partial charge >= 0.3 is 0 Å². The normalized spacial score (nSPS) is 27.7. The van der Waals surface area contributed by atoms with Gasteiger partial charge in [-0.2, -0.15) is 0 Å². The molecule has 1 saturated heterocycles. The average molecular weight is 530 g/mol. The first-order valence-electron chi connectivity index (χ1n) is 12.3. The molecule has 0 aromatic heterocycles. The van der Waals surface area contributed by atoms with E-state index < -0.39 is 70.0 Å². The molecule has 1 unspecified atom stereocenters. The number of carbonyl (C=O) groups excluding carboxylic acids is 4. The number of piperazine rings is 1. The molecule has 4 aliphatic rings. The van der Waals surface area contributed by atoms with E-state index in [4.69, 9.17) is 5.73 Å². The number of nitrogens with zero attached hydrogens (tertiary/aromatic N) is 2. The van der Waals surface area contributed by atoms with Gasteiger partial charge in [-0.25, -0.2) is 4.39 Å². The van der Waals surface area contributed by atoms with E-state index in [1.807, 2.05) is 4.90 Å². The third kappa shape index (κ3) is 3.70. The van der Waals surface area contributed by atoms with Crippen molar-refractivity contribution in [3.63, 3.8) is 0 Å². The standard InChI is InChI=1S/C26H28FN3O8/c1-11(31)30-4-2-29(3-5-30)10-13-8-16(32)19-15(21(13)27)7-12-6-14-9-17(33)20(25(28)37)24(36)26(14,38)23(35)18(12)22(19)34/h8,12,14,32,34,36,38H,2-7,9-10H2,1H3,(H2,28,37)/t12?,14-,26-/m0/s1. The summed E-state index contributed by atoms with van der Waals surface area (Å²) in [6.07, 6.45) is -0.609. The van der Waals surface area contributed by atoms with Gasteiger partial charge in [0, 0.05) is 68.7 Å². The second kappa shape index (κ2) is 8.91. The van der Waals surface area contributed by atoms with E-state index in [1.165, 1.54) is 13.0 Å². The lowest BCUT2D eigenvalue weighted by atomic mass is 9.59. The topological polar surface area (TPSA) is 182 Å². The Morgan fingerprint density at radius 3 is 2.39 bits per heavy atom. The molecule has 2 amide bonds. The Kier molecular flexibility index (Phi) is 6.07. The number of aromatic hydroxyl groups is 1. The highest BCUT2D eigenvalue weighted by atomic mass is 19.1. The van der Waals surface area contributed by atoms with Crippen LogP contribution >= 0.6 is 0 Å². The third-order valence-corrected chi connectivity index (χ3v) is 8.28. The minimum absolute atomic E-state index is 0.00610. The van der Waals surface area contributed by atoms with Gasteiger partial charge in [0.2, 0.25) is 11.7 Å². The van der Waals surface area contributed by atoms with Crippen molar-refractivity contribution in [1.29, 1.82) is 0 Å². The Balaban J connectivity index is 1.52. The molecule has 6 N–H and O–H groups in total. The van der Waals surface area contributed by atoms with E-state index in [-0.39, 0.29) is 47.6 Å². The number of fused-ring (bicyclic) bond motifs is 3. The van der Waals surface area contributed by atoms with Gasteiger partial charge in [0.1, 0.15) is 28.7 Å². The molecule has 1 aliphatic heterocycles. The molecule has 1 aromatic rings. The van der Waals surface area contributed by atoms with E-state index in [1.54, 1.807) is 4.90 Å². The minimum Gasteiger partial charge on any atom is -0.508 e. The first-order chi connectivity index (χ1) is 17.9. The highest BCUT2D eigenvalue weighted by Crippen LogP contribution is 2.52. The van der Waals surface area contributed by atoms with Crippen molar-refractivity contribution in [1.82, 2.24) is 9.80 Å². The van der Waals surface area contributed by atoms with E-state index in [0.29, 0.717) is 26.2 Å². The molecule has 1 saturated carbocycles. The molecule has 1 aromatic carbocycles. The predicted molar refractivity (Wildman–Crippen MR) is 129 cm³/mol. The van der Waals surface area contributed by atoms with Crippen LogP contribution in [0, 0.1) is 17.7 Å². The number of primary amides is 1. The highest BCUT2D eigenvalue weighted by molar-refractivity contribution is 6.22. The Morgan fingerprint density at radius 2 is 1.79 bits per heavy atom. The maximum atomic E-state index is 15.8. The minimum atomic E-state index is -2.66. The summed E-state index contributed by atoms with van der Waals surface area (Å²) < 4.78 is 15.8. The first kappa shape index (κ1) is 25.9. The number of nitrogens with two attached hydrogens (primary N) is 1. The Morgan fingerprint density at radius 1 is 1.13 bits per heavy atom. The van der Waals surface area contributed by atoms with E-state index in [9.17, 15) is 39.6 Å². The van der Waals surface area contributed by atoms with Crippen LogP contribution in [0.1, 0.15) is 36.5 Å². The summed E-state index contributed by atoms with van der Waals surface area (Å²) in [5.41, 5.74) is 1.25. The third-order valence-electron chi connectivity index (χ3n) is 8.28. The monoisotopic (exact) mass is 529 g/mol. The number of hydrogen-bond donors (Lipinski definition) is 5. The molecule has 5 rings (SSSR count). The molecule has 38 heavy (non-hydrogen) atoms. The molecule has 0 spiro atoms. The molecule has 0 radical (unpaired) electrons. The maximum absolute atomic E-state index is 15.8. The fourth-order valence-electron chi connectivity index (χ4n) is 6.30. The summed E-state index contributed by atoms with van der Waals surface area (Å²) in [5, 5.41) is 43.7. The number of carbonyl (C=O) groups is 4. The van der Waals surface area contributed by atoms with Crippen LogP contribution < -0.4 is 5.73 Å². The van der Waals surface area contributed by atoms with Crippen LogP contribution in [0.2, 0.25) is 0 Å². The number of aliphatic hydroxyl groups excluding tert-OH is 2. The van der Waals surface area contributed by atoms with Gasteiger partial charge in [-0.1, -0.05) is 0 Å². The summed E-state index contributed by atoms with van der Waals surface area (Å²) in [4.78, 5) is 52.9. The number of benzene rings is 1. The number of phenols is 1. The molecule has 202 valence electrons. The number of Topliss-reactive ketones (excluding diaryl/α,β-unsaturated/α-hetero) is 2. The average Bonchev–Trinajstić information content (AvgIpc) is 2.84. The molecule has 2 fully saturated rings. The smallest absolute Gasteiger partial charge is 0.255 e. The first-order valence-corrected chi connectivity index (χ1v) is 12.3. The number of hydrogen-bond acceptors (Lipinski definition) is 9. The zero-order valence-corrected chi connectivity index (χ0v) is 20.7. The maximum Gasteiger partial charge on any atom is 0.255 e. The summed E-state index contributed by atoms with van der Waals surface area (Å²) in [6.45, 7) is 3.66. The van der Waals surface area contributed by atoms with Gasteiger partial charge in [-0.05, 0) is 24.8 Å². The second-order valence-electron chi connectivity index (χ2n) is 10.4. The molecule has 1 heterocycles. The van der Waals surface area contributed by atoms with E-state index in [2.05, 4.69) is 0 Å². The van der Waals surface area contributed by atoms with Crippen LogP contribution in [-0.4, -0.2) is 85.4 Å². The lowest BCUT2D eigenvalue weighted by Gasteiger charge is -2.46. The Bertz CT molecular complexity index is 1360. The molecule has 0 bridgehead atoms. The fourth-order valence-corrected chi connectivity index (χ4v) is 6.30. The lowest BCUT2D eigenvalue weighted by Crippen LogP contribution is -2.58. The van der Waals surface area contributed by atoms with Crippen molar-refractivity contribution in [2.24, 2.45) is 17.6 Å². The molecule has 12 heteroatoms. The fraction of sp³-hybridized carbons (Fsp3) is 0.462. The Hall–Kier alpha value is -3.77. The van der Waals surface area contributed by atoms with Crippen LogP contribution in [-0.2, 0) is 32.1 Å². The summed E-state index contributed by atoms with van der Waals surface area (Å²) in [6, 6.07) is 1.18. The molecule has 11 nitrogen and oxygen atoms in total. The second-order valence-corrected chi connectivity index (χ2v) is 10.4. The van der Waals surface area contributed by atoms with Gasteiger partial charge in [-0.15, -0.1) is 0 Å². The summed E-state index contributed by atoms with van der Waals surface area (Å²) in [7, 11) is 0. The number of rotatable bonds is 3. The molecular weight excluding hydrogens is 501 g/mol. The Labute approximate surface area is 216 Å². The lowest BCUT2D eigenvalue weighted by molar-refractivity contribution is -0.147. The van der Waals surface area contributed by atoms with E-state index in [0.717, 1.165) is 0 Å². The van der Waals surface area contributed by atoms with Gasteiger partial charge in [0.25, 0.3) is 5.91 Å². The zero-order chi connectivity index (χ0) is 27.7. The number of halogens is 1. The van der Waals surface area contributed by atoms with E-state index >= 15 is 4.39 Å². The van der Waals surface area contributed by atoms with Crippen molar-refractivity contribution >= 4 is 29.1 Å². The van der Waals surface area contributed by atoms with Gasteiger partial charge < -0.3 is 31.1 Å². The zero-order valence-electron chi connectivity index (χ0n) is 20.7. The number of amides is 2. The van der Waals surface area contributed by atoms with Crippen LogP contribution in [0.15, 0.2) is 23.0 Å². The van der Waals surface area contributed by atoms with Gasteiger partial charge in [-0.3, -0.25) is 24.1 Å².